The van der Waals surface area contributed by atoms with Crippen molar-refractivity contribution in [2.75, 3.05) is 18.0 Å². The number of non-ortho nitro benzene ring substituents is 1. The monoisotopic (exact) mass is 456 g/mol. The van der Waals surface area contributed by atoms with E-state index in [0.717, 1.165) is 29.5 Å². The summed E-state index contributed by atoms with van der Waals surface area (Å²) < 4.78 is 0.954. The molecule has 3 heterocycles. The Labute approximate surface area is 174 Å². The summed E-state index contributed by atoms with van der Waals surface area (Å²) in [4.78, 5) is 38.3. The first-order valence-electron chi connectivity index (χ1n) is 9.38. The summed E-state index contributed by atoms with van der Waals surface area (Å²) in [5.41, 5.74) is 1.30. The minimum Gasteiger partial charge on any atom is -0.274 e. The molecule has 9 heteroatoms. The van der Waals surface area contributed by atoms with Crippen molar-refractivity contribution in [1.82, 2.24) is 10.0 Å². The van der Waals surface area contributed by atoms with E-state index in [-0.39, 0.29) is 23.5 Å². The molecule has 148 valence electrons. The molecule has 2 aromatic rings. The molecule has 8 nitrogen and oxygen atoms in total. The van der Waals surface area contributed by atoms with Crippen molar-refractivity contribution in [2.45, 2.75) is 18.5 Å². The van der Waals surface area contributed by atoms with Gasteiger partial charge in [0.05, 0.1) is 22.6 Å². The Kier molecular flexibility index (Phi) is 4.27. The zero-order valence-corrected chi connectivity index (χ0v) is 16.9. The number of hydrazine groups is 1. The average Bonchev–Trinajstić information content (AvgIpc) is 3.35. The summed E-state index contributed by atoms with van der Waals surface area (Å²) in [6, 6.07) is 12.7. The zero-order valence-electron chi connectivity index (χ0n) is 15.3. The maximum absolute atomic E-state index is 13.4. The van der Waals surface area contributed by atoms with E-state index in [9.17, 15) is 19.7 Å². The highest BCUT2D eigenvalue weighted by Gasteiger charge is 2.62. The highest BCUT2D eigenvalue weighted by atomic mass is 79.9. The number of fused-ring (bicyclic) bond motifs is 3. The van der Waals surface area contributed by atoms with Gasteiger partial charge in [0.2, 0.25) is 5.91 Å². The van der Waals surface area contributed by atoms with Crippen molar-refractivity contribution in [1.29, 1.82) is 0 Å². The van der Waals surface area contributed by atoms with Gasteiger partial charge in [0, 0.05) is 29.7 Å². The van der Waals surface area contributed by atoms with Crippen LogP contribution < -0.4 is 4.90 Å². The van der Waals surface area contributed by atoms with Crippen LogP contribution in [0.15, 0.2) is 53.0 Å². The van der Waals surface area contributed by atoms with Gasteiger partial charge < -0.3 is 0 Å². The van der Waals surface area contributed by atoms with Crippen LogP contribution in [-0.4, -0.2) is 45.9 Å². The van der Waals surface area contributed by atoms with Crippen molar-refractivity contribution in [2.24, 2.45) is 5.92 Å². The van der Waals surface area contributed by atoms with E-state index in [0.29, 0.717) is 5.69 Å². The average molecular weight is 457 g/mol. The first kappa shape index (κ1) is 18.4. The summed E-state index contributed by atoms with van der Waals surface area (Å²) in [6.07, 6.45) is 0.940. The maximum atomic E-state index is 13.4. The van der Waals surface area contributed by atoms with Gasteiger partial charge in [0.1, 0.15) is 6.04 Å². The van der Waals surface area contributed by atoms with E-state index in [2.05, 4.69) is 20.9 Å². The van der Waals surface area contributed by atoms with E-state index in [1.165, 1.54) is 29.2 Å². The fourth-order valence-electron chi connectivity index (χ4n) is 4.75. The van der Waals surface area contributed by atoms with Crippen molar-refractivity contribution >= 4 is 39.1 Å². The minimum atomic E-state index is -0.533. The lowest BCUT2D eigenvalue weighted by Crippen LogP contribution is -2.44. The first-order valence-corrected chi connectivity index (χ1v) is 10.2. The van der Waals surface area contributed by atoms with Crippen LogP contribution in [0, 0.1) is 16.0 Å². The number of rotatable bonds is 3. The van der Waals surface area contributed by atoms with Crippen LogP contribution in [0.25, 0.3) is 0 Å². The number of anilines is 1. The molecule has 0 unspecified atom stereocenters. The Morgan fingerprint density at radius 2 is 1.52 bits per heavy atom. The number of hydrogen-bond acceptors (Lipinski definition) is 6. The van der Waals surface area contributed by atoms with Gasteiger partial charge in [-0.3, -0.25) is 19.7 Å². The standard InChI is InChI=1S/C20H17BrN4O4/c21-13-4-2-12(3-5-13)17-16-18(23-11-1-10-22(17)23)20(27)24(19(16)26)14-6-8-15(9-7-14)25(28)29/h2-9,16-18H,1,10-11H2/t16-,17-,18+/m0/s1. The normalized spacial score (nSPS) is 26.8. The number of nitro benzene ring substituents is 1. The smallest absolute Gasteiger partial charge is 0.269 e. The second-order valence-electron chi connectivity index (χ2n) is 7.43. The lowest BCUT2D eigenvalue weighted by Gasteiger charge is -2.29. The molecule has 3 atom stereocenters. The lowest BCUT2D eigenvalue weighted by atomic mass is 9.90. The summed E-state index contributed by atoms with van der Waals surface area (Å²) in [6.45, 7) is 1.55. The summed E-state index contributed by atoms with van der Waals surface area (Å²) >= 11 is 3.44. The summed E-state index contributed by atoms with van der Waals surface area (Å²) in [5.74, 6) is -1.02. The van der Waals surface area contributed by atoms with Crippen LogP contribution in [0.1, 0.15) is 18.0 Å². The number of imide groups is 1. The molecule has 0 radical (unpaired) electrons. The number of nitrogens with zero attached hydrogens (tertiary/aromatic N) is 4. The Bertz CT molecular complexity index is 1010. The predicted molar refractivity (Wildman–Crippen MR) is 108 cm³/mol. The van der Waals surface area contributed by atoms with Gasteiger partial charge in [0.15, 0.2) is 0 Å². The van der Waals surface area contributed by atoms with Gasteiger partial charge in [0.25, 0.3) is 11.6 Å². The van der Waals surface area contributed by atoms with Gasteiger partial charge in [-0.25, -0.2) is 14.9 Å². The number of carbonyl (C=O) groups is 2. The molecule has 0 spiro atoms. The molecule has 3 aliphatic rings. The van der Waals surface area contributed by atoms with Crippen molar-refractivity contribution in [3.63, 3.8) is 0 Å². The fraction of sp³-hybridized carbons (Fsp3) is 0.300. The topological polar surface area (TPSA) is 87.0 Å². The molecule has 0 aromatic heterocycles. The molecular weight excluding hydrogens is 440 g/mol. The van der Waals surface area contributed by atoms with E-state index in [1.807, 2.05) is 29.3 Å². The quantitative estimate of drug-likeness (QED) is 0.400. The molecule has 0 saturated carbocycles. The molecule has 29 heavy (non-hydrogen) atoms. The number of benzene rings is 2. The van der Waals surface area contributed by atoms with E-state index in [4.69, 9.17) is 0 Å². The third kappa shape index (κ3) is 2.72. The van der Waals surface area contributed by atoms with E-state index < -0.39 is 16.9 Å². The van der Waals surface area contributed by atoms with Crippen LogP contribution in [-0.2, 0) is 9.59 Å². The molecular formula is C20H17BrN4O4. The van der Waals surface area contributed by atoms with Gasteiger partial charge in [-0.2, -0.15) is 0 Å². The predicted octanol–water partition coefficient (Wildman–Crippen LogP) is 2.89. The van der Waals surface area contributed by atoms with Gasteiger partial charge >= 0.3 is 0 Å². The second-order valence-corrected chi connectivity index (χ2v) is 8.35. The molecule has 0 bridgehead atoms. The lowest BCUT2D eigenvalue weighted by molar-refractivity contribution is -0.384. The molecule has 5 rings (SSSR count). The third-order valence-electron chi connectivity index (χ3n) is 5.94. The van der Waals surface area contributed by atoms with Gasteiger partial charge in [-0.05, 0) is 36.2 Å². The summed E-state index contributed by atoms with van der Waals surface area (Å²) in [5, 5.41) is 15.1. The SMILES string of the molecule is O=C1[C@@H]2[C@H](C(=O)N1c1ccc([N+](=O)[O-])cc1)N1CCCN1[C@H]2c1ccc(Br)cc1. The first-order chi connectivity index (χ1) is 14.0. The van der Waals surface area contributed by atoms with Crippen LogP contribution >= 0.6 is 15.9 Å². The number of carbonyl (C=O) groups excluding carboxylic acids is 2. The molecule has 0 aliphatic carbocycles. The third-order valence-corrected chi connectivity index (χ3v) is 6.46. The molecule has 3 aliphatic heterocycles. The van der Waals surface area contributed by atoms with Crippen molar-refractivity contribution < 1.29 is 14.5 Å². The largest absolute Gasteiger partial charge is 0.274 e. The van der Waals surface area contributed by atoms with E-state index >= 15 is 0 Å². The van der Waals surface area contributed by atoms with Gasteiger partial charge in [-0.1, -0.05) is 28.1 Å². The maximum Gasteiger partial charge on any atom is 0.269 e. The fourth-order valence-corrected chi connectivity index (χ4v) is 5.02. The van der Waals surface area contributed by atoms with Crippen molar-refractivity contribution in [3.05, 3.63) is 68.7 Å². The Morgan fingerprint density at radius 1 is 0.897 bits per heavy atom. The summed E-state index contributed by atoms with van der Waals surface area (Å²) in [7, 11) is 0. The number of nitro groups is 1. The minimum absolute atomic E-state index is 0.0773. The highest BCUT2D eigenvalue weighted by molar-refractivity contribution is 9.10. The van der Waals surface area contributed by atoms with Crippen LogP contribution in [0.4, 0.5) is 11.4 Å². The van der Waals surface area contributed by atoms with Crippen LogP contribution in [0.3, 0.4) is 0 Å². The Morgan fingerprint density at radius 3 is 2.14 bits per heavy atom. The van der Waals surface area contributed by atoms with E-state index in [1.54, 1.807) is 0 Å². The van der Waals surface area contributed by atoms with Crippen LogP contribution in [0.2, 0.25) is 0 Å². The molecule has 3 saturated heterocycles. The number of hydrogen-bond donors (Lipinski definition) is 0. The highest BCUT2D eigenvalue weighted by Crippen LogP contribution is 2.49. The Balaban J connectivity index is 1.54. The van der Waals surface area contributed by atoms with Crippen LogP contribution in [0.5, 0.6) is 0 Å². The van der Waals surface area contributed by atoms with Crippen molar-refractivity contribution in [3.8, 4) is 0 Å². The second kappa shape index (κ2) is 6.72. The zero-order chi connectivity index (χ0) is 20.3. The molecule has 3 fully saturated rings. The molecule has 2 amide bonds. The number of halogens is 1. The molecule has 0 N–H and O–H groups in total. The number of amides is 2. The molecule has 2 aromatic carbocycles. The van der Waals surface area contributed by atoms with Gasteiger partial charge in [-0.15, -0.1) is 0 Å². The Hall–Kier alpha value is -2.62.